The first kappa shape index (κ1) is 22.8. The molecule has 0 saturated heterocycles. The van der Waals surface area contributed by atoms with Gasteiger partial charge in [-0.25, -0.2) is 4.79 Å². The molecule has 2 N–H and O–H groups in total. The third-order valence-electron chi connectivity index (χ3n) is 5.46. The Balaban J connectivity index is 1.43. The Morgan fingerprint density at radius 1 is 1.03 bits per heavy atom. The molecule has 10 nitrogen and oxygen atoms in total. The molecule has 0 fully saturated rings. The summed E-state index contributed by atoms with van der Waals surface area (Å²) < 4.78 is 17.6. The molecule has 0 spiro atoms. The van der Waals surface area contributed by atoms with Crippen molar-refractivity contribution < 1.29 is 23.8 Å². The van der Waals surface area contributed by atoms with Crippen LogP contribution in [-0.4, -0.2) is 34.3 Å². The van der Waals surface area contributed by atoms with Gasteiger partial charge in [0, 0.05) is 13.5 Å². The highest BCUT2D eigenvalue weighted by atomic mass is 16.7. The molecule has 0 unspecified atom stereocenters. The zero-order valence-electron chi connectivity index (χ0n) is 18.5. The standard InChI is InChI=1S/C24H23N3O7/c1-26-23(30)21(22(25)27(24(26)31)12-16-5-3-2-4-6-16)17(28)13-32-20(29)10-8-15-7-9-18-19(11-15)34-14-33-18/h2-7,9,11H,8,10,12-14,25H2,1H3. The highest BCUT2D eigenvalue weighted by Crippen LogP contribution is 2.32. The van der Waals surface area contributed by atoms with Gasteiger partial charge in [-0.3, -0.25) is 23.5 Å². The van der Waals surface area contributed by atoms with Gasteiger partial charge in [0.25, 0.3) is 5.56 Å². The Hall–Kier alpha value is -4.34. The molecular weight excluding hydrogens is 442 g/mol. The summed E-state index contributed by atoms with van der Waals surface area (Å²) in [5.74, 6) is -0.406. The number of aromatic nitrogens is 2. The van der Waals surface area contributed by atoms with Crippen LogP contribution in [0.2, 0.25) is 0 Å². The lowest BCUT2D eigenvalue weighted by molar-refractivity contribution is -0.142. The van der Waals surface area contributed by atoms with E-state index in [0.717, 1.165) is 20.3 Å². The summed E-state index contributed by atoms with van der Waals surface area (Å²) in [6.07, 6.45) is 0.392. The molecule has 4 rings (SSSR count). The Labute approximate surface area is 194 Å². The van der Waals surface area contributed by atoms with Gasteiger partial charge >= 0.3 is 11.7 Å². The minimum Gasteiger partial charge on any atom is -0.457 e. The third kappa shape index (κ3) is 4.70. The highest BCUT2D eigenvalue weighted by Gasteiger charge is 2.23. The average molecular weight is 465 g/mol. The van der Waals surface area contributed by atoms with E-state index in [1.807, 2.05) is 12.1 Å². The second-order valence-corrected chi connectivity index (χ2v) is 7.75. The largest absolute Gasteiger partial charge is 0.457 e. The molecular formula is C24H23N3O7. The quantitative estimate of drug-likeness (QED) is 0.389. The second-order valence-electron chi connectivity index (χ2n) is 7.75. The van der Waals surface area contributed by atoms with Crippen LogP contribution in [0.15, 0.2) is 58.1 Å². The zero-order valence-corrected chi connectivity index (χ0v) is 18.5. The number of nitrogen functional groups attached to an aromatic ring is 1. The number of aryl methyl sites for hydroxylation is 1. The Kier molecular flexibility index (Phi) is 6.48. The molecule has 0 amide bonds. The lowest BCUT2D eigenvalue weighted by Crippen LogP contribution is -2.43. The number of nitrogens with two attached hydrogens (primary N) is 1. The molecule has 2 heterocycles. The van der Waals surface area contributed by atoms with E-state index in [4.69, 9.17) is 19.9 Å². The van der Waals surface area contributed by atoms with E-state index in [-0.39, 0.29) is 31.1 Å². The van der Waals surface area contributed by atoms with Crippen LogP contribution in [0.4, 0.5) is 5.82 Å². The van der Waals surface area contributed by atoms with Crippen molar-refractivity contribution in [1.29, 1.82) is 0 Å². The molecule has 1 aliphatic heterocycles. The summed E-state index contributed by atoms with van der Waals surface area (Å²) in [6.45, 7) is -0.428. The molecule has 3 aromatic rings. The van der Waals surface area contributed by atoms with Crippen LogP contribution in [0.25, 0.3) is 0 Å². The maximum atomic E-state index is 12.7. The first-order valence-corrected chi connectivity index (χ1v) is 10.6. The number of rotatable bonds is 8. The van der Waals surface area contributed by atoms with Gasteiger partial charge in [0.1, 0.15) is 11.4 Å². The van der Waals surface area contributed by atoms with Gasteiger partial charge in [-0.05, 0) is 29.7 Å². The Morgan fingerprint density at radius 2 is 1.76 bits per heavy atom. The van der Waals surface area contributed by atoms with Gasteiger partial charge in [0.15, 0.2) is 18.1 Å². The van der Waals surface area contributed by atoms with Crippen LogP contribution in [-0.2, 0) is 29.5 Å². The summed E-state index contributed by atoms with van der Waals surface area (Å²) in [7, 11) is 1.26. The second kappa shape index (κ2) is 9.65. The van der Waals surface area contributed by atoms with Crippen LogP contribution in [0, 0.1) is 0 Å². The molecule has 0 radical (unpaired) electrons. The number of carbonyl (C=O) groups is 2. The van der Waals surface area contributed by atoms with Gasteiger partial charge in [-0.2, -0.15) is 0 Å². The number of anilines is 1. The maximum Gasteiger partial charge on any atom is 0.332 e. The third-order valence-corrected chi connectivity index (χ3v) is 5.46. The summed E-state index contributed by atoms with van der Waals surface area (Å²) in [5.41, 5.74) is 5.79. The predicted molar refractivity (Wildman–Crippen MR) is 122 cm³/mol. The van der Waals surface area contributed by atoms with Crippen molar-refractivity contribution >= 4 is 17.6 Å². The molecule has 176 valence electrons. The Bertz CT molecular complexity index is 1360. The van der Waals surface area contributed by atoms with Crippen molar-refractivity contribution in [1.82, 2.24) is 9.13 Å². The molecule has 2 aromatic carbocycles. The lowest BCUT2D eigenvalue weighted by Gasteiger charge is -2.14. The van der Waals surface area contributed by atoms with Crippen LogP contribution < -0.4 is 26.5 Å². The van der Waals surface area contributed by atoms with Crippen LogP contribution in [0.3, 0.4) is 0 Å². The Morgan fingerprint density at radius 3 is 2.53 bits per heavy atom. The number of fused-ring (bicyclic) bond motifs is 1. The van der Waals surface area contributed by atoms with Crippen LogP contribution in [0.1, 0.15) is 27.9 Å². The van der Waals surface area contributed by atoms with Crippen LogP contribution in [0.5, 0.6) is 11.5 Å². The normalized spacial score (nSPS) is 11.9. The van der Waals surface area contributed by atoms with E-state index in [0.29, 0.717) is 17.9 Å². The first-order chi connectivity index (χ1) is 16.3. The van der Waals surface area contributed by atoms with Crippen molar-refractivity contribution in [2.24, 2.45) is 7.05 Å². The molecule has 0 atom stereocenters. The number of carbonyl (C=O) groups excluding carboxylic acids is 2. The highest BCUT2D eigenvalue weighted by molar-refractivity contribution is 6.01. The first-order valence-electron chi connectivity index (χ1n) is 10.6. The summed E-state index contributed by atoms with van der Waals surface area (Å²) in [5, 5.41) is 0. The van der Waals surface area contributed by atoms with Crippen molar-refractivity contribution in [3.63, 3.8) is 0 Å². The number of ketones is 1. The van der Waals surface area contributed by atoms with E-state index < -0.39 is 29.6 Å². The van der Waals surface area contributed by atoms with Gasteiger partial charge in [0.05, 0.1) is 6.54 Å². The summed E-state index contributed by atoms with van der Waals surface area (Å²) >= 11 is 0. The minimum absolute atomic E-state index is 0.0217. The topological polar surface area (TPSA) is 132 Å². The van der Waals surface area contributed by atoms with Crippen molar-refractivity contribution in [3.05, 3.63) is 86.1 Å². The zero-order chi connectivity index (χ0) is 24.2. The lowest BCUT2D eigenvalue weighted by atomic mass is 10.1. The fourth-order valence-corrected chi connectivity index (χ4v) is 3.60. The average Bonchev–Trinajstić information content (AvgIpc) is 3.31. The molecule has 0 saturated carbocycles. The number of benzene rings is 2. The fraction of sp³-hybridized carbons (Fsp3) is 0.250. The van der Waals surface area contributed by atoms with E-state index in [1.54, 1.807) is 36.4 Å². The number of hydrogen-bond acceptors (Lipinski definition) is 8. The van der Waals surface area contributed by atoms with Crippen LogP contribution >= 0.6 is 0 Å². The molecule has 34 heavy (non-hydrogen) atoms. The van der Waals surface area contributed by atoms with E-state index >= 15 is 0 Å². The van der Waals surface area contributed by atoms with Gasteiger partial charge in [0.2, 0.25) is 12.6 Å². The number of hydrogen-bond donors (Lipinski definition) is 1. The molecule has 1 aromatic heterocycles. The minimum atomic E-state index is -0.840. The van der Waals surface area contributed by atoms with Gasteiger partial charge in [-0.15, -0.1) is 0 Å². The smallest absolute Gasteiger partial charge is 0.332 e. The van der Waals surface area contributed by atoms with Crippen molar-refractivity contribution in [2.75, 3.05) is 19.1 Å². The van der Waals surface area contributed by atoms with E-state index in [9.17, 15) is 19.2 Å². The summed E-state index contributed by atoms with van der Waals surface area (Å²) in [6, 6.07) is 14.4. The summed E-state index contributed by atoms with van der Waals surface area (Å²) in [4.78, 5) is 50.1. The number of esters is 1. The monoisotopic (exact) mass is 465 g/mol. The molecule has 10 heteroatoms. The van der Waals surface area contributed by atoms with Crippen molar-refractivity contribution in [3.8, 4) is 11.5 Å². The van der Waals surface area contributed by atoms with Gasteiger partial charge in [-0.1, -0.05) is 36.4 Å². The van der Waals surface area contributed by atoms with Crippen molar-refractivity contribution in [2.45, 2.75) is 19.4 Å². The SMILES string of the molecule is Cn1c(=O)c(C(=O)COC(=O)CCc2ccc3c(c2)OCO3)c(N)n(Cc2ccccc2)c1=O. The van der Waals surface area contributed by atoms with E-state index in [2.05, 4.69) is 0 Å². The molecule has 0 bridgehead atoms. The molecule has 1 aliphatic rings. The van der Waals surface area contributed by atoms with E-state index in [1.165, 1.54) is 7.05 Å². The number of ether oxygens (including phenoxy) is 3. The predicted octanol–water partition coefficient (Wildman–Crippen LogP) is 1.26. The number of Topliss-reactive ketones (excluding diaryl/α,β-unsaturated/α-hetero) is 1. The fourth-order valence-electron chi connectivity index (χ4n) is 3.60. The maximum absolute atomic E-state index is 12.7. The van der Waals surface area contributed by atoms with Gasteiger partial charge < -0.3 is 19.9 Å². The molecule has 0 aliphatic carbocycles. The number of nitrogens with zero attached hydrogens (tertiary/aromatic N) is 2.